The summed E-state index contributed by atoms with van der Waals surface area (Å²) >= 11 is 0. The fourth-order valence-corrected chi connectivity index (χ4v) is 3.92. The van der Waals surface area contributed by atoms with Gasteiger partial charge in [-0.1, -0.05) is 48.5 Å². The highest BCUT2D eigenvalue weighted by atomic mass is 16.5. The molecule has 1 fully saturated rings. The van der Waals surface area contributed by atoms with Crippen LogP contribution >= 0.6 is 0 Å². The number of hydrogen-bond donors (Lipinski definition) is 1. The van der Waals surface area contributed by atoms with Crippen molar-refractivity contribution in [3.63, 3.8) is 0 Å². The number of rotatable bonds is 9. The lowest BCUT2D eigenvalue weighted by molar-refractivity contribution is -0.117. The zero-order valence-electron chi connectivity index (χ0n) is 19.6. The Labute approximate surface area is 201 Å². The van der Waals surface area contributed by atoms with Crippen molar-refractivity contribution < 1.29 is 9.53 Å². The molecule has 3 aromatic rings. The summed E-state index contributed by atoms with van der Waals surface area (Å²) in [5, 5.41) is 3.20. The van der Waals surface area contributed by atoms with E-state index in [1.54, 1.807) is 12.3 Å². The Bertz CT molecular complexity index is 1050. The van der Waals surface area contributed by atoms with Gasteiger partial charge in [-0.05, 0) is 48.5 Å². The van der Waals surface area contributed by atoms with Crippen LogP contribution < -0.4 is 10.1 Å². The van der Waals surface area contributed by atoms with Crippen molar-refractivity contribution in [1.29, 1.82) is 0 Å². The first kappa shape index (κ1) is 23.7. The van der Waals surface area contributed by atoms with Gasteiger partial charge in [0.15, 0.2) is 0 Å². The molecule has 1 saturated heterocycles. The van der Waals surface area contributed by atoms with Gasteiger partial charge in [0.2, 0.25) is 5.91 Å². The van der Waals surface area contributed by atoms with Gasteiger partial charge in [0.1, 0.15) is 12.4 Å². The number of carbonyl (C=O) groups excluding carboxylic acids is 1. The first-order chi connectivity index (χ1) is 16.7. The summed E-state index contributed by atoms with van der Waals surface area (Å²) in [6.45, 7) is 5.36. The molecule has 1 aliphatic heterocycles. The highest BCUT2D eigenvalue weighted by Gasteiger charge is 2.20. The van der Waals surface area contributed by atoms with Crippen molar-refractivity contribution in [3.05, 3.63) is 102 Å². The molecule has 0 aliphatic carbocycles. The number of aromatic nitrogens is 1. The van der Waals surface area contributed by atoms with Crippen molar-refractivity contribution in [2.24, 2.45) is 0 Å². The average Bonchev–Trinajstić information content (AvgIpc) is 2.89. The normalized spacial score (nSPS) is 15.8. The third-order valence-corrected chi connectivity index (χ3v) is 5.98. The van der Waals surface area contributed by atoms with Crippen LogP contribution in [0.2, 0.25) is 0 Å². The molecule has 1 N–H and O–H groups in total. The van der Waals surface area contributed by atoms with E-state index >= 15 is 0 Å². The van der Waals surface area contributed by atoms with E-state index in [2.05, 4.69) is 39.3 Å². The maximum absolute atomic E-state index is 12.8. The molecule has 4 rings (SSSR count). The van der Waals surface area contributed by atoms with E-state index in [1.807, 2.05) is 66.7 Å². The lowest BCUT2D eigenvalue weighted by Crippen LogP contribution is -2.47. The summed E-state index contributed by atoms with van der Waals surface area (Å²) in [6, 6.07) is 23.6. The molecule has 1 aromatic heterocycles. The second-order valence-electron chi connectivity index (χ2n) is 8.59. The molecule has 6 nitrogen and oxygen atoms in total. The summed E-state index contributed by atoms with van der Waals surface area (Å²) in [7, 11) is 2.15. The van der Waals surface area contributed by atoms with Crippen LogP contribution in [0.1, 0.15) is 22.9 Å². The van der Waals surface area contributed by atoms with Crippen LogP contribution in [0.3, 0.4) is 0 Å². The minimum atomic E-state index is -0.0986. The van der Waals surface area contributed by atoms with Gasteiger partial charge in [0.25, 0.3) is 0 Å². The molecule has 0 saturated carbocycles. The number of nitrogens with zero attached hydrogens (tertiary/aromatic N) is 3. The topological polar surface area (TPSA) is 57.7 Å². The van der Waals surface area contributed by atoms with Crippen LogP contribution in [0.4, 0.5) is 0 Å². The van der Waals surface area contributed by atoms with Crippen LogP contribution in [-0.2, 0) is 11.4 Å². The van der Waals surface area contributed by atoms with Crippen molar-refractivity contribution in [1.82, 2.24) is 20.1 Å². The first-order valence-corrected chi connectivity index (χ1v) is 11.7. The van der Waals surface area contributed by atoms with Gasteiger partial charge >= 0.3 is 0 Å². The lowest BCUT2D eigenvalue weighted by atomic mass is 10.1. The summed E-state index contributed by atoms with van der Waals surface area (Å²) < 4.78 is 5.78. The molecule has 0 spiro atoms. The van der Waals surface area contributed by atoms with Gasteiger partial charge in [-0.3, -0.25) is 14.7 Å². The Morgan fingerprint density at radius 3 is 2.44 bits per heavy atom. The zero-order chi connectivity index (χ0) is 23.6. The summed E-state index contributed by atoms with van der Waals surface area (Å²) in [6.07, 6.45) is 5.19. The molecule has 1 amide bonds. The van der Waals surface area contributed by atoms with E-state index in [4.69, 9.17) is 4.74 Å². The van der Waals surface area contributed by atoms with E-state index in [1.165, 1.54) is 0 Å². The number of pyridine rings is 1. The second-order valence-corrected chi connectivity index (χ2v) is 8.59. The molecule has 2 aromatic carbocycles. The maximum atomic E-state index is 12.8. The van der Waals surface area contributed by atoms with Crippen LogP contribution in [0.25, 0.3) is 6.08 Å². The minimum Gasteiger partial charge on any atom is -0.487 e. The molecule has 0 radical (unpaired) electrons. The molecular formula is C28H32N4O2. The van der Waals surface area contributed by atoms with Crippen LogP contribution in [0.5, 0.6) is 5.75 Å². The predicted octanol–water partition coefficient (Wildman–Crippen LogP) is 3.78. The van der Waals surface area contributed by atoms with Crippen molar-refractivity contribution >= 4 is 12.0 Å². The van der Waals surface area contributed by atoms with Gasteiger partial charge in [0, 0.05) is 45.0 Å². The molecule has 2 heterocycles. The molecule has 0 bridgehead atoms. The number of nitrogens with one attached hydrogen (secondary N) is 1. The van der Waals surface area contributed by atoms with Gasteiger partial charge in [0.05, 0.1) is 11.7 Å². The third kappa shape index (κ3) is 7.27. The SMILES string of the molecule is CN1CCN(CC(NC(=O)/C=C/c2ccc(OCc3ccccn3)cc2)c2ccccc2)CC1. The van der Waals surface area contributed by atoms with E-state index in [0.717, 1.165) is 55.3 Å². The zero-order valence-corrected chi connectivity index (χ0v) is 19.6. The number of piperazine rings is 1. The molecular weight excluding hydrogens is 424 g/mol. The van der Waals surface area contributed by atoms with Crippen molar-refractivity contribution in [2.75, 3.05) is 39.8 Å². The molecule has 176 valence electrons. The smallest absolute Gasteiger partial charge is 0.244 e. The van der Waals surface area contributed by atoms with Gasteiger partial charge in [-0.25, -0.2) is 0 Å². The number of benzene rings is 2. The number of amides is 1. The van der Waals surface area contributed by atoms with E-state index in [-0.39, 0.29) is 11.9 Å². The summed E-state index contributed by atoms with van der Waals surface area (Å²) in [5.74, 6) is 0.669. The average molecular weight is 457 g/mol. The third-order valence-electron chi connectivity index (χ3n) is 5.98. The summed E-state index contributed by atoms with van der Waals surface area (Å²) in [4.78, 5) is 21.8. The van der Waals surface area contributed by atoms with Gasteiger partial charge in [-0.2, -0.15) is 0 Å². The second kappa shape index (κ2) is 12.1. The van der Waals surface area contributed by atoms with E-state index in [9.17, 15) is 4.79 Å². The van der Waals surface area contributed by atoms with Gasteiger partial charge in [-0.15, -0.1) is 0 Å². The molecule has 1 atom stereocenters. The monoisotopic (exact) mass is 456 g/mol. The standard InChI is InChI=1S/C28H32N4O2/c1-31-17-19-32(20-18-31)21-27(24-7-3-2-4-8-24)30-28(33)15-12-23-10-13-26(14-11-23)34-22-25-9-5-6-16-29-25/h2-16,27H,17-22H2,1H3,(H,30,33)/b15-12+. The Hall–Kier alpha value is -3.48. The highest BCUT2D eigenvalue weighted by Crippen LogP contribution is 2.17. The van der Waals surface area contributed by atoms with Gasteiger partial charge < -0.3 is 15.0 Å². The fourth-order valence-electron chi connectivity index (χ4n) is 3.92. The largest absolute Gasteiger partial charge is 0.487 e. The quantitative estimate of drug-likeness (QED) is 0.497. The number of ether oxygens (including phenoxy) is 1. The molecule has 6 heteroatoms. The Morgan fingerprint density at radius 2 is 1.74 bits per heavy atom. The fraction of sp³-hybridized carbons (Fsp3) is 0.286. The lowest BCUT2D eigenvalue weighted by Gasteiger charge is -2.34. The van der Waals surface area contributed by atoms with Crippen LogP contribution in [0.15, 0.2) is 85.1 Å². The maximum Gasteiger partial charge on any atom is 0.244 e. The Kier molecular flexibility index (Phi) is 8.43. The Balaban J connectivity index is 1.33. The number of hydrogen-bond acceptors (Lipinski definition) is 5. The highest BCUT2D eigenvalue weighted by molar-refractivity contribution is 5.92. The molecule has 34 heavy (non-hydrogen) atoms. The van der Waals surface area contributed by atoms with E-state index < -0.39 is 0 Å². The number of likely N-dealkylation sites (N-methyl/N-ethyl adjacent to an activating group) is 1. The minimum absolute atomic E-state index is 0.0517. The first-order valence-electron chi connectivity index (χ1n) is 11.7. The van der Waals surface area contributed by atoms with Crippen molar-refractivity contribution in [3.8, 4) is 5.75 Å². The molecule has 1 unspecified atom stereocenters. The van der Waals surface area contributed by atoms with Crippen molar-refractivity contribution in [2.45, 2.75) is 12.6 Å². The summed E-state index contributed by atoms with van der Waals surface area (Å²) in [5.41, 5.74) is 2.95. The molecule has 1 aliphatic rings. The van der Waals surface area contributed by atoms with Crippen LogP contribution in [0, 0.1) is 0 Å². The van der Waals surface area contributed by atoms with Crippen LogP contribution in [-0.4, -0.2) is 60.5 Å². The predicted molar refractivity (Wildman–Crippen MR) is 135 cm³/mol. The number of carbonyl (C=O) groups is 1. The van der Waals surface area contributed by atoms with E-state index in [0.29, 0.717) is 6.61 Å². The Morgan fingerprint density at radius 1 is 1.00 bits per heavy atom.